The van der Waals surface area contributed by atoms with Crippen LogP contribution < -0.4 is 11.1 Å². The molecule has 0 aliphatic rings. The van der Waals surface area contributed by atoms with E-state index in [2.05, 4.69) is 36.8 Å². The summed E-state index contributed by atoms with van der Waals surface area (Å²) in [7, 11) is 2.06. The summed E-state index contributed by atoms with van der Waals surface area (Å²) < 4.78 is 7.22. The van der Waals surface area contributed by atoms with Gasteiger partial charge in [0, 0.05) is 31.5 Å². The Morgan fingerprint density at radius 1 is 1.53 bits per heavy atom. The van der Waals surface area contributed by atoms with E-state index in [-0.39, 0.29) is 6.61 Å². The third-order valence-electron chi connectivity index (χ3n) is 2.86. The summed E-state index contributed by atoms with van der Waals surface area (Å²) in [5.74, 6) is -0.431. The standard InChI is InChI=1S/C12H21N3O2/c1-9-6-11(10(2)15(9)3)7-14-4-5-17-8-12(13)16/h6,14H,4-5,7-8H2,1-3H3,(H2,13,16). The van der Waals surface area contributed by atoms with Gasteiger partial charge in [-0.25, -0.2) is 0 Å². The Hall–Kier alpha value is -1.33. The number of hydrogen-bond acceptors (Lipinski definition) is 3. The monoisotopic (exact) mass is 239 g/mol. The van der Waals surface area contributed by atoms with Gasteiger partial charge in [0.25, 0.3) is 0 Å². The fraction of sp³-hybridized carbons (Fsp3) is 0.583. The molecule has 1 aromatic rings. The molecular weight excluding hydrogens is 218 g/mol. The minimum atomic E-state index is -0.431. The highest BCUT2D eigenvalue weighted by molar-refractivity contribution is 5.74. The van der Waals surface area contributed by atoms with Gasteiger partial charge in [-0.15, -0.1) is 0 Å². The lowest BCUT2D eigenvalue weighted by Crippen LogP contribution is -2.23. The Bertz CT molecular complexity index is 385. The van der Waals surface area contributed by atoms with Crippen molar-refractivity contribution in [3.05, 3.63) is 23.0 Å². The van der Waals surface area contributed by atoms with Crippen LogP contribution in [-0.2, 0) is 23.1 Å². The summed E-state index contributed by atoms with van der Waals surface area (Å²) in [6.45, 7) is 6.20. The molecule has 96 valence electrons. The topological polar surface area (TPSA) is 69.3 Å². The molecule has 1 amide bonds. The lowest BCUT2D eigenvalue weighted by molar-refractivity contribution is -0.122. The zero-order chi connectivity index (χ0) is 12.8. The molecule has 0 aliphatic carbocycles. The molecule has 5 nitrogen and oxygen atoms in total. The maximum Gasteiger partial charge on any atom is 0.243 e. The Balaban J connectivity index is 2.22. The van der Waals surface area contributed by atoms with Crippen molar-refractivity contribution in [1.82, 2.24) is 9.88 Å². The van der Waals surface area contributed by atoms with Crippen molar-refractivity contribution in [2.75, 3.05) is 19.8 Å². The van der Waals surface area contributed by atoms with Crippen LogP contribution in [0.15, 0.2) is 6.07 Å². The molecule has 1 rings (SSSR count). The number of primary amides is 1. The summed E-state index contributed by atoms with van der Waals surface area (Å²) in [5, 5.41) is 3.27. The Morgan fingerprint density at radius 2 is 2.24 bits per heavy atom. The van der Waals surface area contributed by atoms with Crippen LogP contribution in [0.4, 0.5) is 0 Å². The van der Waals surface area contributed by atoms with Crippen LogP contribution in [0.25, 0.3) is 0 Å². The largest absolute Gasteiger partial charge is 0.370 e. The average molecular weight is 239 g/mol. The number of carbonyl (C=O) groups is 1. The molecule has 0 radical (unpaired) electrons. The van der Waals surface area contributed by atoms with E-state index in [4.69, 9.17) is 10.5 Å². The van der Waals surface area contributed by atoms with Gasteiger partial charge < -0.3 is 20.4 Å². The van der Waals surface area contributed by atoms with Gasteiger partial charge in [0.1, 0.15) is 6.61 Å². The van der Waals surface area contributed by atoms with Crippen molar-refractivity contribution in [2.45, 2.75) is 20.4 Å². The highest BCUT2D eigenvalue weighted by Crippen LogP contribution is 2.12. The molecule has 0 unspecified atom stereocenters. The van der Waals surface area contributed by atoms with Crippen LogP contribution in [0.2, 0.25) is 0 Å². The Labute approximate surface area is 102 Å². The third kappa shape index (κ3) is 4.20. The molecule has 5 heteroatoms. The van der Waals surface area contributed by atoms with Crippen LogP contribution in [0.3, 0.4) is 0 Å². The van der Waals surface area contributed by atoms with Crippen LogP contribution >= 0.6 is 0 Å². The normalized spacial score (nSPS) is 10.8. The highest BCUT2D eigenvalue weighted by atomic mass is 16.5. The molecule has 0 saturated heterocycles. The molecule has 17 heavy (non-hydrogen) atoms. The lowest BCUT2D eigenvalue weighted by atomic mass is 10.2. The molecule has 0 atom stereocenters. The van der Waals surface area contributed by atoms with Gasteiger partial charge in [0.2, 0.25) is 5.91 Å². The SMILES string of the molecule is Cc1cc(CNCCOCC(N)=O)c(C)n1C. The summed E-state index contributed by atoms with van der Waals surface area (Å²) in [4.78, 5) is 10.4. The van der Waals surface area contributed by atoms with E-state index < -0.39 is 5.91 Å². The first-order chi connectivity index (χ1) is 8.02. The first-order valence-electron chi connectivity index (χ1n) is 5.71. The molecule has 1 aromatic heterocycles. The van der Waals surface area contributed by atoms with Gasteiger partial charge in [-0.2, -0.15) is 0 Å². The molecule has 0 spiro atoms. The van der Waals surface area contributed by atoms with E-state index >= 15 is 0 Å². The number of aryl methyl sites for hydroxylation is 1. The van der Waals surface area contributed by atoms with Crippen molar-refractivity contribution in [3.8, 4) is 0 Å². The minimum absolute atomic E-state index is 0.00878. The van der Waals surface area contributed by atoms with Gasteiger partial charge >= 0.3 is 0 Å². The van der Waals surface area contributed by atoms with E-state index in [1.807, 2.05) is 0 Å². The smallest absolute Gasteiger partial charge is 0.243 e. The number of hydrogen-bond donors (Lipinski definition) is 2. The molecule has 0 bridgehead atoms. The number of amides is 1. The number of rotatable bonds is 7. The summed E-state index contributed by atoms with van der Waals surface area (Å²) >= 11 is 0. The van der Waals surface area contributed by atoms with Crippen molar-refractivity contribution >= 4 is 5.91 Å². The number of aromatic nitrogens is 1. The van der Waals surface area contributed by atoms with Crippen molar-refractivity contribution in [3.63, 3.8) is 0 Å². The predicted octanol–water partition coefficient (Wildman–Crippen LogP) is 0.233. The zero-order valence-corrected chi connectivity index (χ0v) is 10.7. The second-order valence-corrected chi connectivity index (χ2v) is 4.15. The van der Waals surface area contributed by atoms with E-state index in [1.165, 1.54) is 17.0 Å². The van der Waals surface area contributed by atoms with E-state index in [0.29, 0.717) is 13.2 Å². The molecule has 0 saturated carbocycles. The van der Waals surface area contributed by atoms with Gasteiger partial charge in [0.15, 0.2) is 0 Å². The number of nitrogens with two attached hydrogens (primary N) is 1. The van der Waals surface area contributed by atoms with E-state index in [9.17, 15) is 4.79 Å². The van der Waals surface area contributed by atoms with Crippen molar-refractivity contribution < 1.29 is 9.53 Å². The number of carbonyl (C=O) groups excluding carboxylic acids is 1. The van der Waals surface area contributed by atoms with Crippen LogP contribution in [0.1, 0.15) is 17.0 Å². The number of ether oxygens (including phenoxy) is 1. The Kier molecular flexibility index (Phi) is 5.18. The van der Waals surface area contributed by atoms with Crippen molar-refractivity contribution in [1.29, 1.82) is 0 Å². The zero-order valence-electron chi connectivity index (χ0n) is 10.7. The second-order valence-electron chi connectivity index (χ2n) is 4.15. The molecule has 1 heterocycles. The molecular formula is C12H21N3O2. The fourth-order valence-corrected chi connectivity index (χ4v) is 1.65. The van der Waals surface area contributed by atoms with Crippen LogP contribution in [0.5, 0.6) is 0 Å². The van der Waals surface area contributed by atoms with Crippen molar-refractivity contribution in [2.24, 2.45) is 12.8 Å². The summed E-state index contributed by atoms with van der Waals surface area (Å²) in [6.07, 6.45) is 0. The lowest BCUT2D eigenvalue weighted by Gasteiger charge is -2.05. The quantitative estimate of drug-likeness (QED) is 0.669. The van der Waals surface area contributed by atoms with Crippen LogP contribution in [-0.4, -0.2) is 30.2 Å². The first kappa shape index (κ1) is 13.7. The first-order valence-corrected chi connectivity index (χ1v) is 5.71. The third-order valence-corrected chi connectivity index (χ3v) is 2.86. The minimum Gasteiger partial charge on any atom is -0.370 e. The number of nitrogens with one attached hydrogen (secondary N) is 1. The van der Waals surface area contributed by atoms with Gasteiger partial charge in [-0.3, -0.25) is 4.79 Å². The predicted molar refractivity (Wildman–Crippen MR) is 66.6 cm³/mol. The van der Waals surface area contributed by atoms with Gasteiger partial charge in [-0.1, -0.05) is 0 Å². The molecule has 0 aliphatic heterocycles. The maximum atomic E-state index is 10.4. The molecule has 0 aromatic carbocycles. The highest BCUT2D eigenvalue weighted by Gasteiger charge is 2.04. The van der Waals surface area contributed by atoms with Gasteiger partial charge in [-0.05, 0) is 25.5 Å². The van der Waals surface area contributed by atoms with E-state index in [1.54, 1.807) is 0 Å². The second kappa shape index (κ2) is 6.42. The fourth-order valence-electron chi connectivity index (χ4n) is 1.65. The van der Waals surface area contributed by atoms with Gasteiger partial charge in [0.05, 0.1) is 6.61 Å². The van der Waals surface area contributed by atoms with Crippen LogP contribution in [0, 0.1) is 13.8 Å². The maximum absolute atomic E-state index is 10.4. The summed E-state index contributed by atoms with van der Waals surface area (Å²) in [6, 6.07) is 2.17. The number of nitrogens with zero attached hydrogens (tertiary/aromatic N) is 1. The summed E-state index contributed by atoms with van der Waals surface area (Å²) in [5.41, 5.74) is 8.77. The molecule has 3 N–H and O–H groups in total. The Morgan fingerprint density at radius 3 is 2.76 bits per heavy atom. The average Bonchev–Trinajstić information content (AvgIpc) is 2.51. The van der Waals surface area contributed by atoms with E-state index in [0.717, 1.165) is 6.54 Å². The molecule has 0 fully saturated rings.